The predicted molar refractivity (Wildman–Crippen MR) is 93.7 cm³/mol. The molecular formula is C18H23BO7. The molecule has 0 saturated heterocycles. The number of Topliss-reactive ketones (excluding diaryl/α,β-unsaturated/α-hetero) is 1. The number of para-hydroxylation sites is 1. The van der Waals surface area contributed by atoms with Gasteiger partial charge in [-0.3, -0.25) is 9.59 Å². The predicted octanol–water partition coefficient (Wildman–Crippen LogP) is 2.30. The largest absolute Gasteiger partial charge is 0.535 e. The second-order valence-electron chi connectivity index (χ2n) is 6.34. The number of carbonyl (C=O) groups is 3. The average molecular weight is 362 g/mol. The molecule has 1 aliphatic heterocycles. The van der Waals surface area contributed by atoms with Crippen molar-refractivity contribution in [3.63, 3.8) is 0 Å². The molecule has 1 N–H and O–H groups in total. The lowest BCUT2D eigenvalue weighted by Crippen LogP contribution is -2.36. The molecule has 26 heavy (non-hydrogen) atoms. The maximum absolute atomic E-state index is 12.3. The Kier molecular flexibility index (Phi) is 6.80. The molecule has 1 aliphatic rings. The summed E-state index contributed by atoms with van der Waals surface area (Å²) >= 11 is 0. The molecule has 2 atom stereocenters. The lowest BCUT2D eigenvalue weighted by atomic mass is 9.64. The summed E-state index contributed by atoms with van der Waals surface area (Å²) < 4.78 is 15.4. The van der Waals surface area contributed by atoms with E-state index < -0.39 is 25.3 Å². The van der Waals surface area contributed by atoms with Gasteiger partial charge in [0.2, 0.25) is 6.29 Å². The third-order valence-corrected chi connectivity index (χ3v) is 4.06. The number of hydrogen-bond donors (Lipinski definition) is 1. The summed E-state index contributed by atoms with van der Waals surface area (Å²) in [4.78, 5) is 35.1. The third-order valence-electron chi connectivity index (χ3n) is 4.06. The van der Waals surface area contributed by atoms with Crippen LogP contribution in [0.15, 0.2) is 18.2 Å². The summed E-state index contributed by atoms with van der Waals surface area (Å²) in [6.45, 7) is 4.57. The highest BCUT2D eigenvalue weighted by Gasteiger charge is 2.37. The van der Waals surface area contributed by atoms with Crippen LogP contribution >= 0.6 is 0 Å². The first-order valence-electron chi connectivity index (χ1n) is 8.68. The Morgan fingerprint density at radius 3 is 2.73 bits per heavy atom. The van der Waals surface area contributed by atoms with E-state index in [1.165, 1.54) is 19.9 Å². The van der Waals surface area contributed by atoms with Gasteiger partial charge in [0.05, 0.1) is 0 Å². The van der Waals surface area contributed by atoms with Crippen LogP contribution in [-0.2, 0) is 25.5 Å². The van der Waals surface area contributed by atoms with E-state index in [0.717, 1.165) is 12.0 Å². The standard InChI is InChI=1S/C18H23BO7/c1-4-6-15(21)10-14-9-13-7-5-8-16(17(13)26-19(14)23)18(22)25-12(3)24-11(2)20/h5,7-8,12,14,23H,4,6,9-10H2,1-3H3/t12?,14-/m1/s1. The summed E-state index contributed by atoms with van der Waals surface area (Å²) in [5.41, 5.74) is 0.859. The molecule has 0 saturated carbocycles. The van der Waals surface area contributed by atoms with Gasteiger partial charge in [-0.25, -0.2) is 4.79 Å². The smallest absolute Gasteiger partial charge is 0.526 e. The number of benzene rings is 1. The minimum atomic E-state index is -1.18. The van der Waals surface area contributed by atoms with Gasteiger partial charge in [0, 0.05) is 32.5 Å². The topological polar surface area (TPSA) is 99.1 Å². The number of ether oxygens (including phenoxy) is 2. The minimum absolute atomic E-state index is 0.0781. The van der Waals surface area contributed by atoms with E-state index in [2.05, 4.69) is 0 Å². The van der Waals surface area contributed by atoms with Crippen LogP contribution in [0.4, 0.5) is 0 Å². The normalized spacial score (nSPS) is 16.9. The van der Waals surface area contributed by atoms with Gasteiger partial charge in [-0.1, -0.05) is 19.1 Å². The maximum atomic E-state index is 12.3. The van der Waals surface area contributed by atoms with Crippen LogP contribution in [0.25, 0.3) is 0 Å². The molecule has 1 aromatic rings. The highest BCUT2D eigenvalue weighted by Crippen LogP contribution is 2.36. The van der Waals surface area contributed by atoms with Crippen LogP contribution in [0.2, 0.25) is 5.82 Å². The average Bonchev–Trinajstić information content (AvgIpc) is 2.54. The number of rotatable bonds is 7. The zero-order valence-corrected chi connectivity index (χ0v) is 15.2. The molecule has 1 heterocycles. The zero-order chi connectivity index (χ0) is 19.3. The molecule has 0 bridgehead atoms. The van der Waals surface area contributed by atoms with Gasteiger partial charge in [-0.15, -0.1) is 0 Å². The lowest BCUT2D eigenvalue weighted by molar-refractivity contribution is -0.162. The number of hydrogen-bond acceptors (Lipinski definition) is 7. The molecular weight excluding hydrogens is 339 g/mol. The molecule has 0 fully saturated rings. The van der Waals surface area contributed by atoms with Gasteiger partial charge in [-0.05, 0) is 24.5 Å². The van der Waals surface area contributed by atoms with Gasteiger partial charge >= 0.3 is 19.1 Å². The Labute approximate surface area is 152 Å². The Bertz CT molecular complexity index is 688. The zero-order valence-electron chi connectivity index (χ0n) is 15.2. The van der Waals surface area contributed by atoms with Crippen molar-refractivity contribution >= 4 is 24.8 Å². The summed E-state index contributed by atoms with van der Waals surface area (Å²) in [5, 5.41) is 10.2. The van der Waals surface area contributed by atoms with Gasteiger partial charge < -0.3 is 19.2 Å². The van der Waals surface area contributed by atoms with Crippen LogP contribution in [0.3, 0.4) is 0 Å². The fraction of sp³-hybridized carbons (Fsp3) is 0.500. The van der Waals surface area contributed by atoms with E-state index in [1.807, 2.05) is 6.92 Å². The second kappa shape index (κ2) is 8.85. The van der Waals surface area contributed by atoms with Crippen molar-refractivity contribution < 1.29 is 33.5 Å². The van der Waals surface area contributed by atoms with E-state index in [0.29, 0.717) is 12.8 Å². The van der Waals surface area contributed by atoms with Crippen molar-refractivity contribution in [1.82, 2.24) is 0 Å². The molecule has 0 amide bonds. The first-order valence-corrected chi connectivity index (χ1v) is 8.68. The Morgan fingerprint density at radius 2 is 2.08 bits per heavy atom. The van der Waals surface area contributed by atoms with E-state index in [-0.39, 0.29) is 29.3 Å². The van der Waals surface area contributed by atoms with Crippen molar-refractivity contribution in [1.29, 1.82) is 0 Å². The van der Waals surface area contributed by atoms with Crippen molar-refractivity contribution in [2.24, 2.45) is 0 Å². The highest BCUT2D eigenvalue weighted by atomic mass is 16.7. The molecule has 0 spiro atoms. The number of ketones is 1. The van der Waals surface area contributed by atoms with Gasteiger partial charge in [0.25, 0.3) is 0 Å². The molecule has 2 rings (SSSR count). The fourth-order valence-corrected chi connectivity index (χ4v) is 2.96. The van der Waals surface area contributed by atoms with Gasteiger partial charge in [-0.2, -0.15) is 0 Å². The molecule has 8 heteroatoms. The van der Waals surface area contributed by atoms with Crippen LogP contribution < -0.4 is 4.65 Å². The minimum Gasteiger partial charge on any atom is -0.535 e. The summed E-state index contributed by atoms with van der Waals surface area (Å²) in [6, 6.07) is 4.97. The van der Waals surface area contributed by atoms with Crippen molar-refractivity contribution in [2.75, 3.05) is 0 Å². The molecule has 1 aromatic carbocycles. The van der Waals surface area contributed by atoms with Gasteiger partial charge in [0.15, 0.2) is 0 Å². The lowest BCUT2D eigenvalue weighted by Gasteiger charge is -2.28. The van der Waals surface area contributed by atoms with Crippen LogP contribution in [0, 0.1) is 0 Å². The molecule has 0 aliphatic carbocycles. The summed E-state index contributed by atoms with van der Waals surface area (Å²) in [5.74, 6) is -1.32. The Morgan fingerprint density at radius 1 is 1.35 bits per heavy atom. The second-order valence-corrected chi connectivity index (χ2v) is 6.34. The van der Waals surface area contributed by atoms with E-state index >= 15 is 0 Å². The molecule has 0 radical (unpaired) electrons. The molecule has 0 aromatic heterocycles. The number of carbonyl (C=O) groups excluding carboxylic acids is 3. The Balaban J connectivity index is 2.14. The molecule has 1 unspecified atom stereocenters. The monoisotopic (exact) mass is 362 g/mol. The summed E-state index contributed by atoms with van der Waals surface area (Å²) in [6.07, 6.45) is 0.842. The van der Waals surface area contributed by atoms with E-state index in [4.69, 9.17) is 14.1 Å². The van der Waals surface area contributed by atoms with Gasteiger partial charge in [0.1, 0.15) is 17.1 Å². The molecule has 140 valence electrons. The third kappa shape index (κ3) is 5.08. The SMILES string of the molecule is CCCC(=O)C[C@H]1Cc2cccc(C(=O)OC(C)OC(C)=O)c2OB1O. The van der Waals surface area contributed by atoms with E-state index in [1.54, 1.807) is 12.1 Å². The quantitative estimate of drug-likeness (QED) is 0.451. The number of esters is 2. The Hall–Kier alpha value is -2.35. The first kappa shape index (κ1) is 20.0. The molecule has 7 nitrogen and oxygen atoms in total. The fourth-order valence-electron chi connectivity index (χ4n) is 2.96. The van der Waals surface area contributed by atoms with Crippen LogP contribution in [0.5, 0.6) is 5.75 Å². The first-order chi connectivity index (χ1) is 12.3. The maximum Gasteiger partial charge on any atom is 0.526 e. The summed E-state index contributed by atoms with van der Waals surface area (Å²) in [7, 11) is -1.18. The highest BCUT2D eigenvalue weighted by molar-refractivity contribution is 6.47. The van der Waals surface area contributed by atoms with Crippen molar-refractivity contribution in [3.8, 4) is 5.75 Å². The van der Waals surface area contributed by atoms with Crippen LogP contribution in [0.1, 0.15) is 56.0 Å². The van der Waals surface area contributed by atoms with Crippen LogP contribution in [-0.4, -0.2) is 36.2 Å². The number of fused-ring (bicyclic) bond motifs is 1. The van der Waals surface area contributed by atoms with E-state index in [9.17, 15) is 19.4 Å². The van der Waals surface area contributed by atoms with Crippen molar-refractivity contribution in [2.45, 2.75) is 58.6 Å². The van der Waals surface area contributed by atoms with Crippen molar-refractivity contribution in [3.05, 3.63) is 29.3 Å².